The van der Waals surface area contributed by atoms with Crippen LogP contribution in [-0.4, -0.2) is 0 Å². The van der Waals surface area contributed by atoms with E-state index in [1.807, 2.05) is 60.7 Å². The van der Waals surface area contributed by atoms with Crippen molar-refractivity contribution >= 4 is 47.8 Å². The van der Waals surface area contributed by atoms with E-state index in [1.165, 1.54) is 0 Å². The van der Waals surface area contributed by atoms with E-state index in [-0.39, 0.29) is 9.17 Å². The van der Waals surface area contributed by atoms with E-state index in [0.29, 0.717) is 28.0 Å². The molecule has 0 unspecified atom stereocenters. The fraction of sp³-hybridized carbons (Fsp3) is 0.105. The van der Waals surface area contributed by atoms with Gasteiger partial charge in [0.1, 0.15) is 15.3 Å². The minimum atomic E-state index is -0.254. The Labute approximate surface area is 165 Å². The van der Waals surface area contributed by atoms with Gasteiger partial charge in [-0.25, -0.2) is 0 Å². The maximum absolute atomic E-state index is 13.4. The molecule has 0 aliphatic heterocycles. The molecular formula is C19H13Br3O2. The summed E-state index contributed by atoms with van der Waals surface area (Å²) in [5, 5.41) is 0.460. The summed E-state index contributed by atoms with van der Waals surface area (Å²) < 4.78 is 5.85. The van der Waals surface area contributed by atoms with Crippen LogP contribution in [0.5, 0.6) is 0 Å². The first-order valence-corrected chi connectivity index (χ1v) is 10.2. The van der Waals surface area contributed by atoms with E-state index in [9.17, 15) is 4.79 Å². The van der Waals surface area contributed by atoms with Crippen LogP contribution in [0.15, 0.2) is 69.9 Å². The van der Waals surface area contributed by atoms with Gasteiger partial charge in [0.15, 0.2) is 0 Å². The van der Waals surface area contributed by atoms with Gasteiger partial charge < -0.3 is 4.42 Å². The van der Waals surface area contributed by atoms with E-state index in [1.54, 1.807) is 0 Å². The molecule has 0 spiro atoms. The summed E-state index contributed by atoms with van der Waals surface area (Å²) in [4.78, 5) is 13.4. The molecule has 0 saturated heterocycles. The average Bonchev–Trinajstić information content (AvgIpc) is 2.62. The third-order valence-electron chi connectivity index (χ3n) is 3.66. The van der Waals surface area contributed by atoms with Crippen LogP contribution in [0.2, 0.25) is 0 Å². The van der Waals surface area contributed by atoms with Crippen molar-refractivity contribution in [3.05, 3.63) is 82.4 Å². The van der Waals surface area contributed by atoms with Crippen LogP contribution in [0.4, 0.5) is 0 Å². The molecule has 0 radical (unpaired) electrons. The normalized spacial score (nSPS) is 11.0. The molecule has 0 bridgehead atoms. The van der Waals surface area contributed by atoms with Crippen LogP contribution in [0.1, 0.15) is 15.3 Å². The van der Waals surface area contributed by atoms with Gasteiger partial charge in [-0.3, -0.25) is 4.79 Å². The highest BCUT2D eigenvalue weighted by Crippen LogP contribution is 2.38. The standard InChI is InChI=1S/C19H13Br3O2/c20-11-14-15(12-7-3-1-4-8-12)17(23)16(18(24-14)19(21)22)13-9-5-2-6-10-13/h1-10,19H,11H2. The van der Waals surface area contributed by atoms with Gasteiger partial charge in [0.2, 0.25) is 5.43 Å². The lowest BCUT2D eigenvalue weighted by Crippen LogP contribution is -2.14. The summed E-state index contributed by atoms with van der Waals surface area (Å²) in [6, 6.07) is 19.2. The summed E-state index contributed by atoms with van der Waals surface area (Å²) in [5.74, 6) is 1.19. The predicted octanol–water partition coefficient (Wildman–Crippen LogP) is 6.66. The first-order valence-electron chi connectivity index (χ1n) is 7.28. The summed E-state index contributed by atoms with van der Waals surface area (Å²) in [6.45, 7) is 0. The molecule has 3 aromatic rings. The quantitative estimate of drug-likeness (QED) is 0.366. The lowest BCUT2D eigenvalue weighted by molar-refractivity contribution is 0.483. The highest BCUT2D eigenvalue weighted by Gasteiger charge is 2.23. The molecule has 0 aliphatic carbocycles. The molecule has 122 valence electrons. The monoisotopic (exact) mass is 510 g/mol. The number of benzene rings is 2. The third-order valence-corrected chi connectivity index (χ3v) is 5.00. The molecule has 2 aromatic carbocycles. The molecule has 1 heterocycles. The lowest BCUT2D eigenvalue weighted by atomic mass is 9.98. The number of alkyl halides is 3. The minimum Gasteiger partial charge on any atom is -0.461 e. The van der Waals surface area contributed by atoms with Crippen LogP contribution in [-0.2, 0) is 5.33 Å². The third kappa shape index (κ3) is 3.44. The van der Waals surface area contributed by atoms with Crippen molar-refractivity contribution in [2.45, 2.75) is 9.07 Å². The van der Waals surface area contributed by atoms with E-state index >= 15 is 0 Å². The number of halogens is 3. The first-order chi connectivity index (χ1) is 11.6. The maximum atomic E-state index is 13.4. The molecule has 24 heavy (non-hydrogen) atoms. The molecule has 0 aliphatic rings. The zero-order valence-corrected chi connectivity index (χ0v) is 17.3. The fourth-order valence-electron chi connectivity index (χ4n) is 2.62. The summed E-state index contributed by atoms with van der Waals surface area (Å²) in [6.07, 6.45) is 0. The Morgan fingerprint density at radius 1 is 0.833 bits per heavy atom. The topological polar surface area (TPSA) is 30.2 Å². The van der Waals surface area contributed by atoms with Crippen LogP contribution < -0.4 is 5.43 Å². The van der Waals surface area contributed by atoms with Gasteiger partial charge in [-0.2, -0.15) is 0 Å². The summed E-state index contributed by atoms with van der Waals surface area (Å²) in [5.41, 5.74) is 2.81. The van der Waals surface area contributed by atoms with Crippen molar-refractivity contribution in [3.63, 3.8) is 0 Å². The Balaban J connectivity index is 2.38. The van der Waals surface area contributed by atoms with Gasteiger partial charge in [-0.15, -0.1) is 0 Å². The predicted molar refractivity (Wildman–Crippen MR) is 109 cm³/mol. The smallest absolute Gasteiger partial charge is 0.201 e. The molecule has 3 rings (SSSR count). The molecule has 1 aromatic heterocycles. The number of hydrogen-bond donors (Lipinski definition) is 0. The molecule has 0 N–H and O–H groups in total. The highest BCUT2D eigenvalue weighted by atomic mass is 79.9. The Morgan fingerprint density at radius 2 is 1.33 bits per heavy atom. The van der Waals surface area contributed by atoms with Gasteiger partial charge in [0, 0.05) is 0 Å². The molecule has 0 fully saturated rings. The minimum absolute atomic E-state index is 0.0352. The highest BCUT2D eigenvalue weighted by molar-refractivity contribution is 9.24. The maximum Gasteiger partial charge on any atom is 0.201 e. The number of rotatable bonds is 4. The van der Waals surface area contributed by atoms with Gasteiger partial charge in [-0.1, -0.05) is 108 Å². The first kappa shape index (κ1) is 17.6. The molecule has 0 atom stereocenters. The SMILES string of the molecule is O=c1c(-c2ccccc2)c(CBr)oc(C(Br)Br)c1-c1ccccc1. The van der Waals surface area contributed by atoms with E-state index in [2.05, 4.69) is 47.8 Å². The second-order valence-electron chi connectivity index (χ2n) is 5.13. The van der Waals surface area contributed by atoms with Crippen molar-refractivity contribution in [1.82, 2.24) is 0 Å². The summed E-state index contributed by atoms with van der Waals surface area (Å²) in [7, 11) is 0. The number of hydrogen-bond acceptors (Lipinski definition) is 2. The Morgan fingerprint density at radius 3 is 1.79 bits per heavy atom. The zero-order chi connectivity index (χ0) is 17.1. The van der Waals surface area contributed by atoms with Crippen molar-refractivity contribution < 1.29 is 4.42 Å². The summed E-state index contributed by atoms with van der Waals surface area (Å²) >= 11 is 10.4. The average molecular weight is 513 g/mol. The van der Waals surface area contributed by atoms with Crippen LogP contribution in [0.3, 0.4) is 0 Å². The fourth-order valence-corrected chi connectivity index (χ4v) is 3.66. The van der Waals surface area contributed by atoms with E-state index in [0.717, 1.165) is 11.1 Å². The Hall–Kier alpha value is -1.17. The molecule has 0 amide bonds. The molecule has 2 nitrogen and oxygen atoms in total. The van der Waals surface area contributed by atoms with Crippen molar-refractivity contribution in [2.75, 3.05) is 0 Å². The van der Waals surface area contributed by atoms with E-state index in [4.69, 9.17) is 4.42 Å². The second-order valence-corrected chi connectivity index (χ2v) is 8.76. The molecular weight excluding hydrogens is 500 g/mol. The van der Waals surface area contributed by atoms with Crippen LogP contribution >= 0.6 is 47.8 Å². The van der Waals surface area contributed by atoms with Crippen molar-refractivity contribution in [3.8, 4) is 22.3 Å². The molecule has 5 heteroatoms. The Kier molecular flexibility index (Phi) is 5.74. The van der Waals surface area contributed by atoms with Gasteiger partial charge >= 0.3 is 0 Å². The zero-order valence-electron chi connectivity index (χ0n) is 12.5. The van der Waals surface area contributed by atoms with Gasteiger partial charge in [0.05, 0.1) is 16.5 Å². The van der Waals surface area contributed by atoms with Crippen molar-refractivity contribution in [2.24, 2.45) is 0 Å². The second kappa shape index (κ2) is 7.81. The largest absolute Gasteiger partial charge is 0.461 e. The van der Waals surface area contributed by atoms with Gasteiger partial charge in [0.25, 0.3) is 0 Å². The molecule has 0 saturated carbocycles. The van der Waals surface area contributed by atoms with Crippen molar-refractivity contribution in [1.29, 1.82) is 0 Å². The lowest BCUT2D eigenvalue weighted by Gasteiger charge is -2.15. The Bertz CT molecular complexity index is 888. The van der Waals surface area contributed by atoms with Crippen LogP contribution in [0.25, 0.3) is 22.3 Å². The van der Waals surface area contributed by atoms with Crippen LogP contribution in [0, 0.1) is 0 Å². The van der Waals surface area contributed by atoms with Gasteiger partial charge in [-0.05, 0) is 11.1 Å². The van der Waals surface area contributed by atoms with E-state index < -0.39 is 0 Å².